The van der Waals surface area contributed by atoms with Gasteiger partial charge in [0.25, 0.3) is 0 Å². The lowest BCUT2D eigenvalue weighted by Gasteiger charge is -2.11. The van der Waals surface area contributed by atoms with Gasteiger partial charge in [0, 0.05) is 6.54 Å². The fourth-order valence-electron chi connectivity index (χ4n) is 2.07. The van der Waals surface area contributed by atoms with Crippen LogP contribution in [0.25, 0.3) is 0 Å². The van der Waals surface area contributed by atoms with Gasteiger partial charge in [0.2, 0.25) is 0 Å². The molecule has 2 nitrogen and oxygen atoms in total. The predicted molar refractivity (Wildman–Crippen MR) is 66.1 cm³/mol. The van der Waals surface area contributed by atoms with Crippen LogP contribution in [0.2, 0.25) is 0 Å². The molecule has 1 aromatic carbocycles. The number of nitrogens with one attached hydrogen (secondary N) is 1. The summed E-state index contributed by atoms with van der Waals surface area (Å²) >= 11 is 4.68. The number of rotatable bonds is 2. The molecule has 3 heteroatoms. The second-order valence-corrected chi connectivity index (χ2v) is 4.14. The Morgan fingerprint density at radius 3 is 3.07 bits per heavy atom. The summed E-state index contributed by atoms with van der Waals surface area (Å²) in [6.45, 7) is 4.21. The summed E-state index contributed by atoms with van der Waals surface area (Å²) in [5, 5.41) is 5.83. The third-order valence-corrected chi connectivity index (χ3v) is 2.94. The van der Waals surface area contributed by atoms with Crippen LogP contribution in [-0.2, 0) is 0 Å². The van der Waals surface area contributed by atoms with E-state index < -0.39 is 0 Å². The Bertz CT molecular complexity index is 402. The lowest BCUT2D eigenvalue weighted by Crippen LogP contribution is -2.08. The molecule has 78 valence electrons. The van der Waals surface area contributed by atoms with E-state index in [1.807, 2.05) is 0 Å². The normalized spacial score (nSPS) is 19.9. The van der Waals surface area contributed by atoms with Crippen molar-refractivity contribution in [3.05, 3.63) is 29.3 Å². The fourth-order valence-corrected chi connectivity index (χ4v) is 2.16. The minimum atomic E-state index is 0.577. The van der Waals surface area contributed by atoms with Crippen LogP contribution >= 0.6 is 12.2 Å². The zero-order valence-corrected chi connectivity index (χ0v) is 9.60. The Morgan fingerprint density at radius 1 is 1.53 bits per heavy atom. The van der Waals surface area contributed by atoms with Gasteiger partial charge in [0.1, 0.15) is 0 Å². The number of nitrogens with zero attached hydrogens (tertiary/aromatic N) is 1. The highest BCUT2D eigenvalue weighted by Gasteiger charge is 2.19. The molecule has 1 saturated heterocycles. The molecule has 1 atom stereocenters. The maximum Gasteiger partial charge on any atom is 0.0777 e. The van der Waals surface area contributed by atoms with Crippen molar-refractivity contribution in [2.45, 2.75) is 19.3 Å². The number of aryl methyl sites for hydroxylation is 1. The summed E-state index contributed by atoms with van der Waals surface area (Å²) in [5.74, 6) is 0.577. The van der Waals surface area contributed by atoms with Crippen molar-refractivity contribution in [1.29, 1.82) is 0 Å². The second-order valence-electron chi connectivity index (χ2n) is 3.96. The van der Waals surface area contributed by atoms with E-state index in [1.54, 1.807) is 0 Å². The number of hydrogen-bond acceptors (Lipinski definition) is 3. The van der Waals surface area contributed by atoms with Gasteiger partial charge in [-0.2, -0.15) is 4.99 Å². The van der Waals surface area contributed by atoms with Gasteiger partial charge >= 0.3 is 0 Å². The highest BCUT2D eigenvalue weighted by Crippen LogP contribution is 2.31. The molecule has 15 heavy (non-hydrogen) atoms. The molecular formula is C12H14N2S. The second kappa shape index (κ2) is 4.67. The van der Waals surface area contributed by atoms with E-state index in [9.17, 15) is 0 Å². The summed E-state index contributed by atoms with van der Waals surface area (Å²) in [4.78, 5) is 4.15. The number of thiocarbonyl (C=S) groups is 1. The lowest BCUT2D eigenvalue weighted by atomic mass is 9.95. The van der Waals surface area contributed by atoms with Gasteiger partial charge in [0.05, 0.1) is 10.8 Å². The van der Waals surface area contributed by atoms with Crippen LogP contribution in [0.4, 0.5) is 5.69 Å². The molecule has 1 N–H and O–H groups in total. The topological polar surface area (TPSA) is 24.4 Å². The van der Waals surface area contributed by atoms with Crippen molar-refractivity contribution in [3.8, 4) is 0 Å². The highest BCUT2D eigenvalue weighted by atomic mass is 32.1. The molecule has 2 rings (SSSR count). The molecule has 1 aliphatic rings. The summed E-state index contributed by atoms with van der Waals surface area (Å²) in [5.41, 5.74) is 3.50. The van der Waals surface area contributed by atoms with Gasteiger partial charge in [0.15, 0.2) is 0 Å². The molecule has 0 saturated carbocycles. The first-order valence-corrected chi connectivity index (χ1v) is 5.61. The fraction of sp³-hybridized carbons (Fsp3) is 0.417. The Kier molecular flexibility index (Phi) is 3.27. The summed E-state index contributed by atoms with van der Waals surface area (Å²) in [7, 11) is 0. The summed E-state index contributed by atoms with van der Waals surface area (Å²) in [6, 6.07) is 6.38. The van der Waals surface area contributed by atoms with Gasteiger partial charge < -0.3 is 5.32 Å². The minimum absolute atomic E-state index is 0.577. The summed E-state index contributed by atoms with van der Waals surface area (Å²) < 4.78 is 0. The maximum absolute atomic E-state index is 4.68. The van der Waals surface area contributed by atoms with Crippen LogP contribution in [0.15, 0.2) is 23.2 Å². The van der Waals surface area contributed by atoms with Gasteiger partial charge in [-0.15, -0.1) is 0 Å². The van der Waals surface area contributed by atoms with E-state index in [0.717, 1.165) is 18.8 Å². The van der Waals surface area contributed by atoms with E-state index in [4.69, 9.17) is 0 Å². The van der Waals surface area contributed by atoms with Crippen molar-refractivity contribution in [2.24, 2.45) is 4.99 Å². The quantitative estimate of drug-likeness (QED) is 0.610. The van der Waals surface area contributed by atoms with Gasteiger partial charge in [-0.25, -0.2) is 0 Å². The van der Waals surface area contributed by atoms with Crippen LogP contribution in [0.3, 0.4) is 0 Å². The standard InChI is InChI=1S/C12H14N2S/c1-9-2-3-11(10-4-5-13-7-10)12(6-9)14-8-15/h2-3,6,10,13H,4-5,7H2,1H3. The molecule has 0 bridgehead atoms. The molecular weight excluding hydrogens is 204 g/mol. The summed E-state index contributed by atoms with van der Waals surface area (Å²) in [6.07, 6.45) is 1.18. The van der Waals surface area contributed by atoms with Crippen LogP contribution in [0.1, 0.15) is 23.5 Å². The molecule has 0 aromatic heterocycles. The van der Waals surface area contributed by atoms with Gasteiger partial charge in [-0.1, -0.05) is 12.1 Å². The van der Waals surface area contributed by atoms with Gasteiger partial charge in [-0.3, -0.25) is 0 Å². The average Bonchev–Trinajstić information content (AvgIpc) is 2.71. The van der Waals surface area contributed by atoms with E-state index in [1.165, 1.54) is 17.5 Å². The molecule has 1 unspecified atom stereocenters. The van der Waals surface area contributed by atoms with E-state index in [2.05, 4.69) is 52.8 Å². The van der Waals surface area contributed by atoms with Crippen LogP contribution in [0.5, 0.6) is 0 Å². The molecule has 1 aliphatic heterocycles. The zero-order chi connectivity index (χ0) is 10.7. The number of aliphatic imine (C=N–C) groups is 1. The molecule has 1 heterocycles. The van der Waals surface area contributed by atoms with Gasteiger partial charge in [-0.05, 0) is 55.2 Å². The Hall–Kier alpha value is -1.02. The number of benzene rings is 1. The average molecular weight is 218 g/mol. The largest absolute Gasteiger partial charge is 0.316 e. The van der Waals surface area contributed by atoms with Crippen molar-refractivity contribution in [1.82, 2.24) is 5.32 Å². The Morgan fingerprint density at radius 2 is 2.40 bits per heavy atom. The van der Waals surface area contributed by atoms with Crippen LogP contribution in [0, 0.1) is 6.92 Å². The first kappa shape index (κ1) is 10.5. The van der Waals surface area contributed by atoms with Crippen LogP contribution in [-0.4, -0.2) is 18.3 Å². The van der Waals surface area contributed by atoms with Crippen LogP contribution < -0.4 is 5.32 Å². The van der Waals surface area contributed by atoms with E-state index in [-0.39, 0.29) is 0 Å². The molecule has 0 aliphatic carbocycles. The number of isothiocyanates is 1. The smallest absolute Gasteiger partial charge is 0.0777 e. The van der Waals surface area contributed by atoms with Crippen molar-refractivity contribution >= 4 is 23.1 Å². The minimum Gasteiger partial charge on any atom is -0.316 e. The molecule has 0 radical (unpaired) electrons. The third-order valence-electron chi connectivity index (χ3n) is 2.85. The molecule has 0 spiro atoms. The maximum atomic E-state index is 4.68. The first-order chi connectivity index (χ1) is 7.31. The monoisotopic (exact) mass is 218 g/mol. The van der Waals surface area contributed by atoms with Crippen molar-refractivity contribution in [3.63, 3.8) is 0 Å². The van der Waals surface area contributed by atoms with E-state index >= 15 is 0 Å². The zero-order valence-electron chi connectivity index (χ0n) is 8.79. The Labute approximate surface area is 95.4 Å². The van der Waals surface area contributed by atoms with Crippen molar-refractivity contribution < 1.29 is 0 Å². The molecule has 1 aromatic rings. The highest BCUT2D eigenvalue weighted by molar-refractivity contribution is 7.78. The molecule has 0 amide bonds. The predicted octanol–water partition coefficient (Wildman–Crippen LogP) is 2.81. The molecule has 1 fully saturated rings. The number of hydrogen-bond donors (Lipinski definition) is 1. The first-order valence-electron chi connectivity index (χ1n) is 5.20. The third kappa shape index (κ3) is 2.32. The lowest BCUT2D eigenvalue weighted by molar-refractivity contribution is 0.764. The Balaban J connectivity index is 2.40. The SMILES string of the molecule is Cc1ccc(C2CCNC2)c(N=C=S)c1. The van der Waals surface area contributed by atoms with Crippen molar-refractivity contribution in [2.75, 3.05) is 13.1 Å². The van der Waals surface area contributed by atoms with E-state index in [0.29, 0.717) is 5.92 Å².